The monoisotopic (exact) mass is 207 g/mol. The first-order valence-corrected chi connectivity index (χ1v) is 5.64. The molecule has 0 radical (unpaired) electrons. The Hall–Kier alpha value is -1.18. The average Bonchev–Trinajstić information content (AvgIpc) is 2.25. The van der Waals surface area contributed by atoms with Gasteiger partial charge in [-0.15, -0.1) is 0 Å². The maximum atomic E-state index is 5.67. The summed E-state index contributed by atoms with van der Waals surface area (Å²) in [4.78, 5) is 2.08. The van der Waals surface area contributed by atoms with Crippen molar-refractivity contribution in [2.45, 2.75) is 26.2 Å². The molecule has 0 aromatic heterocycles. The second-order valence-electron chi connectivity index (χ2n) is 3.95. The molecule has 0 N–H and O–H groups in total. The molecule has 0 fully saturated rings. The highest BCUT2D eigenvalue weighted by molar-refractivity contribution is 5.49. The van der Waals surface area contributed by atoms with Gasteiger partial charge >= 0.3 is 0 Å². The summed E-state index contributed by atoms with van der Waals surface area (Å²) in [6.45, 7) is 3.03. The first-order chi connectivity index (χ1) is 7.24. The molecule has 1 aromatic rings. The second kappa shape index (κ2) is 6.33. The van der Waals surface area contributed by atoms with Gasteiger partial charge in [-0.3, -0.25) is 0 Å². The molecular formula is C13H21NO. The van der Waals surface area contributed by atoms with Crippen LogP contribution in [0.15, 0.2) is 24.3 Å². The van der Waals surface area contributed by atoms with Gasteiger partial charge in [0.2, 0.25) is 0 Å². The molecule has 1 aromatic carbocycles. The van der Waals surface area contributed by atoms with E-state index < -0.39 is 0 Å². The smallest absolute Gasteiger partial charge is 0.121 e. The van der Waals surface area contributed by atoms with Crippen molar-refractivity contribution in [3.8, 4) is 5.75 Å². The van der Waals surface area contributed by atoms with Crippen LogP contribution in [0, 0.1) is 0 Å². The maximum Gasteiger partial charge on any atom is 0.121 e. The maximum absolute atomic E-state index is 5.67. The predicted molar refractivity (Wildman–Crippen MR) is 65.8 cm³/mol. The highest BCUT2D eigenvalue weighted by atomic mass is 16.5. The Morgan fingerprint density at radius 2 is 2.00 bits per heavy atom. The van der Waals surface area contributed by atoms with Gasteiger partial charge in [0, 0.05) is 25.8 Å². The zero-order chi connectivity index (χ0) is 11.1. The summed E-state index contributed by atoms with van der Waals surface area (Å²) >= 11 is 0. The van der Waals surface area contributed by atoms with Crippen molar-refractivity contribution in [1.29, 1.82) is 0 Å². The van der Waals surface area contributed by atoms with Crippen LogP contribution in [-0.2, 0) is 0 Å². The highest BCUT2D eigenvalue weighted by Gasteiger charge is 1.97. The third-order valence-electron chi connectivity index (χ3n) is 2.35. The zero-order valence-electron chi connectivity index (χ0n) is 9.99. The molecule has 0 aliphatic heterocycles. The van der Waals surface area contributed by atoms with Gasteiger partial charge in [-0.2, -0.15) is 0 Å². The topological polar surface area (TPSA) is 12.5 Å². The average molecular weight is 207 g/mol. The first kappa shape index (κ1) is 11.9. The van der Waals surface area contributed by atoms with Crippen LogP contribution in [0.4, 0.5) is 5.69 Å². The molecule has 15 heavy (non-hydrogen) atoms. The number of hydrogen-bond acceptors (Lipinski definition) is 2. The predicted octanol–water partition coefficient (Wildman–Crippen LogP) is 3.32. The molecule has 2 nitrogen and oxygen atoms in total. The van der Waals surface area contributed by atoms with Gasteiger partial charge in [-0.25, -0.2) is 0 Å². The number of nitrogens with zero attached hydrogens (tertiary/aromatic N) is 1. The summed E-state index contributed by atoms with van der Waals surface area (Å²) in [5.41, 5.74) is 1.18. The minimum absolute atomic E-state index is 0.824. The van der Waals surface area contributed by atoms with E-state index in [1.807, 2.05) is 26.2 Å². The van der Waals surface area contributed by atoms with Crippen LogP contribution in [0.3, 0.4) is 0 Å². The minimum atomic E-state index is 0.824. The highest BCUT2D eigenvalue weighted by Crippen LogP contribution is 2.19. The number of benzene rings is 1. The third-order valence-corrected chi connectivity index (χ3v) is 2.35. The van der Waals surface area contributed by atoms with Crippen molar-refractivity contribution in [2.24, 2.45) is 0 Å². The SMILES string of the molecule is CCCCCOc1cccc(N(C)C)c1. The van der Waals surface area contributed by atoms with Crippen LogP contribution in [0.25, 0.3) is 0 Å². The fraction of sp³-hybridized carbons (Fsp3) is 0.538. The van der Waals surface area contributed by atoms with E-state index in [1.165, 1.54) is 18.5 Å². The van der Waals surface area contributed by atoms with E-state index in [-0.39, 0.29) is 0 Å². The summed E-state index contributed by atoms with van der Waals surface area (Å²) in [7, 11) is 4.08. The molecule has 0 saturated heterocycles. The van der Waals surface area contributed by atoms with Crippen LogP contribution in [0.2, 0.25) is 0 Å². The van der Waals surface area contributed by atoms with E-state index in [0.717, 1.165) is 18.8 Å². The van der Waals surface area contributed by atoms with E-state index in [2.05, 4.69) is 24.0 Å². The van der Waals surface area contributed by atoms with Crippen molar-refractivity contribution >= 4 is 5.69 Å². The lowest BCUT2D eigenvalue weighted by molar-refractivity contribution is 0.306. The lowest BCUT2D eigenvalue weighted by Crippen LogP contribution is -2.08. The van der Waals surface area contributed by atoms with Crippen molar-refractivity contribution in [2.75, 3.05) is 25.6 Å². The van der Waals surface area contributed by atoms with Crippen LogP contribution in [0.5, 0.6) is 5.75 Å². The third kappa shape index (κ3) is 4.24. The Labute approximate surface area is 92.9 Å². The summed E-state index contributed by atoms with van der Waals surface area (Å²) in [5, 5.41) is 0. The van der Waals surface area contributed by atoms with Gasteiger partial charge in [0.15, 0.2) is 0 Å². The largest absolute Gasteiger partial charge is 0.494 e. The quantitative estimate of drug-likeness (QED) is 0.663. The Kier molecular flexibility index (Phi) is 5.02. The van der Waals surface area contributed by atoms with Gasteiger partial charge in [-0.1, -0.05) is 25.8 Å². The van der Waals surface area contributed by atoms with Gasteiger partial charge in [-0.05, 0) is 18.6 Å². The van der Waals surface area contributed by atoms with E-state index in [4.69, 9.17) is 4.74 Å². The van der Waals surface area contributed by atoms with Crippen molar-refractivity contribution in [3.05, 3.63) is 24.3 Å². The first-order valence-electron chi connectivity index (χ1n) is 5.64. The molecule has 0 saturated carbocycles. The number of unbranched alkanes of at least 4 members (excludes halogenated alkanes) is 2. The molecular weight excluding hydrogens is 186 g/mol. The van der Waals surface area contributed by atoms with E-state index in [0.29, 0.717) is 0 Å². The summed E-state index contributed by atoms with van der Waals surface area (Å²) in [6, 6.07) is 8.20. The van der Waals surface area contributed by atoms with Crippen molar-refractivity contribution in [3.63, 3.8) is 0 Å². The summed E-state index contributed by atoms with van der Waals surface area (Å²) in [5.74, 6) is 0.970. The molecule has 1 rings (SSSR count). The molecule has 0 heterocycles. The van der Waals surface area contributed by atoms with Gasteiger partial charge in [0.25, 0.3) is 0 Å². The van der Waals surface area contributed by atoms with Crippen LogP contribution < -0.4 is 9.64 Å². The standard InChI is InChI=1S/C13H21NO/c1-4-5-6-10-15-13-9-7-8-12(11-13)14(2)3/h7-9,11H,4-6,10H2,1-3H3. The molecule has 0 unspecified atom stereocenters. The van der Waals surface area contributed by atoms with Crippen LogP contribution >= 0.6 is 0 Å². The Morgan fingerprint density at radius 1 is 1.20 bits per heavy atom. The number of anilines is 1. The fourth-order valence-electron chi connectivity index (χ4n) is 1.39. The molecule has 0 aliphatic carbocycles. The summed E-state index contributed by atoms with van der Waals surface area (Å²) in [6.07, 6.45) is 3.62. The van der Waals surface area contributed by atoms with E-state index in [1.54, 1.807) is 0 Å². The molecule has 0 atom stereocenters. The fourth-order valence-corrected chi connectivity index (χ4v) is 1.39. The molecule has 2 heteroatoms. The molecule has 0 bridgehead atoms. The molecule has 0 spiro atoms. The Balaban J connectivity index is 2.43. The molecule has 0 amide bonds. The second-order valence-corrected chi connectivity index (χ2v) is 3.95. The van der Waals surface area contributed by atoms with Crippen molar-refractivity contribution in [1.82, 2.24) is 0 Å². The zero-order valence-corrected chi connectivity index (χ0v) is 9.99. The summed E-state index contributed by atoms with van der Waals surface area (Å²) < 4.78 is 5.67. The lowest BCUT2D eigenvalue weighted by Gasteiger charge is -2.13. The van der Waals surface area contributed by atoms with E-state index in [9.17, 15) is 0 Å². The number of ether oxygens (including phenoxy) is 1. The van der Waals surface area contributed by atoms with E-state index >= 15 is 0 Å². The van der Waals surface area contributed by atoms with Gasteiger partial charge in [0.05, 0.1) is 6.61 Å². The molecule has 0 aliphatic rings. The Morgan fingerprint density at radius 3 is 2.67 bits per heavy atom. The number of rotatable bonds is 6. The normalized spacial score (nSPS) is 10.1. The lowest BCUT2D eigenvalue weighted by atomic mass is 10.2. The number of hydrogen-bond donors (Lipinski definition) is 0. The van der Waals surface area contributed by atoms with Crippen LogP contribution in [0.1, 0.15) is 26.2 Å². The minimum Gasteiger partial charge on any atom is -0.494 e. The van der Waals surface area contributed by atoms with Crippen molar-refractivity contribution < 1.29 is 4.74 Å². The molecule has 84 valence electrons. The van der Waals surface area contributed by atoms with Gasteiger partial charge in [0.1, 0.15) is 5.75 Å². The Bertz CT molecular complexity index is 284. The van der Waals surface area contributed by atoms with Gasteiger partial charge < -0.3 is 9.64 Å². The van der Waals surface area contributed by atoms with Crippen LogP contribution in [-0.4, -0.2) is 20.7 Å².